The van der Waals surface area contributed by atoms with Gasteiger partial charge in [-0.1, -0.05) is 0 Å². The molecule has 9 nitrogen and oxygen atoms in total. The number of amides is 1. The fourth-order valence-corrected chi connectivity index (χ4v) is 2.97. The van der Waals surface area contributed by atoms with Crippen molar-refractivity contribution < 1.29 is 4.79 Å². The van der Waals surface area contributed by atoms with Crippen LogP contribution in [0.2, 0.25) is 0 Å². The highest BCUT2D eigenvalue weighted by atomic mass is 16.2. The Kier molecular flexibility index (Phi) is 5.02. The maximum atomic E-state index is 11.8. The molecule has 0 bridgehead atoms. The first-order valence-electron chi connectivity index (χ1n) is 8.49. The molecule has 26 heavy (non-hydrogen) atoms. The Morgan fingerprint density at radius 3 is 2.85 bits per heavy atom. The van der Waals surface area contributed by atoms with Crippen LogP contribution in [0.3, 0.4) is 0 Å². The molecule has 0 aromatic carbocycles. The summed E-state index contributed by atoms with van der Waals surface area (Å²) in [6.45, 7) is 3.39. The first-order chi connectivity index (χ1) is 12.5. The standard InChI is InChI=1S/C17H22N8O/c1-17(5-9-25(10-6-17)15(26)3-7-18)23-14-4-8-19-16(22-14)21-13-11-20-24(2)12-13/h4,8,11-12H,3,5-6,9-10H2,1-2H3,(H2,19,21,22,23). The SMILES string of the molecule is Cn1cc(Nc2nccc(NC3(C)CCN(C(=O)CC#N)CC3)n2)cn1. The van der Waals surface area contributed by atoms with Crippen LogP contribution in [0.5, 0.6) is 0 Å². The van der Waals surface area contributed by atoms with E-state index in [4.69, 9.17) is 5.26 Å². The lowest BCUT2D eigenvalue weighted by atomic mass is 9.89. The van der Waals surface area contributed by atoms with Crippen molar-refractivity contribution in [2.45, 2.75) is 31.7 Å². The number of anilines is 3. The maximum absolute atomic E-state index is 11.8. The number of hydrogen-bond acceptors (Lipinski definition) is 7. The molecule has 2 aromatic rings. The third-order valence-electron chi connectivity index (χ3n) is 4.50. The number of nitriles is 1. The predicted octanol–water partition coefficient (Wildman–Crippen LogP) is 1.66. The van der Waals surface area contributed by atoms with Gasteiger partial charge in [-0.15, -0.1) is 0 Å². The van der Waals surface area contributed by atoms with Gasteiger partial charge in [0.1, 0.15) is 12.2 Å². The topological polar surface area (TPSA) is 112 Å². The molecule has 136 valence electrons. The van der Waals surface area contributed by atoms with Gasteiger partial charge in [0, 0.05) is 38.1 Å². The molecule has 0 atom stereocenters. The molecule has 0 aliphatic carbocycles. The van der Waals surface area contributed by atoms with Crippen molar-refractivity contribution in [1.29, 1.82) is 5.26 Å². The van der Waals surface area contributed by atoms with E-state index in [0.29, 0.717) is 19.0 Å². The van der Waals surface area contributed by atoms with Crippen molar-refractivity contribution in [2.24, 2.45) is 7.05 Å². The number of hydrogen-bond donors (Lipinski definition) is 2. The summed E-state index contributed by atoms with van der Waals surface area (Å²) in [4.78, 5) is 22.3. The monoisotopic (exact) mass is 354 g/mol. The predicted molar refractivity (Wildman–Crippen MR) is 96.6 cm³/mol. The minimum atomic E-state index is -0.163. The smallest absolute Gasteiger partial charge is 0.236 e. The van der Waals surface area contributed by atoms with Crippen LogP contribution in [-0.2, 0) is 11.8 Å². The lowest BCUT2D eigenvalue weighted by Crippen LogP contribution is -2.49. The summed E-state index contributed by atoms with van der Waals surface area (Å²) < 4.78 is 1.70. The number of likely N-dealkylation sites (tertiary alicyclic amines) is 1. The molecule has 0 radical (unpaired) electrons. The molecule has 3 heterocycles. The molecule has 2 aromatic heterocycles. The summed E-state index contributed by atoms with van der Waals surface area (Å²) in [5.41, 5.74) is 0.656. The van der Waals surface area contributed by atoms with Gasteiger partial charge in [-0.05, 0) is 25.8 Å². The largest absolute Gasteiger partial charge is 0.365 e. The Bertz CT molecular complexity index is 816. The van der Waals surface area contributed by atoms with Crippen LogP contribution in [0.4, 0.5) is 17.5 Å². The number of nitrogens with one attached hydrogen (secondary N) is 2. The molecule has 1 fully saturated rings. The highest BCUT2D eigenvalue weighted by Crippen LogP contribution is 2.26. The Morgan fingerprint density at radius 1 is 1.42 bits per heavy atom. The number of aromatic nitrogens is 4. The summed E-state index contributed by atoms with van der Waals surface area (Å²) in [5.74, 6) is 1.12. The van der Waals surface area contributed by atoms with E-state index in [-0.39, 0.29) is 17.9 Å². The van der Waals surface area contributed by atoms with Gasteiger partial charge in [-0.3, -0.25) is 9.48 Å². The van der Waals surface area contributed by atoms with Crippen LogP contribution in [0, 0.1) is 11.3 Å². The first kappa shape index (κ1) is 17.7. The zero-order valence-corrected chi connectivity index (χ0v) is 14.9. The van der Waals surface area contributed by atoms with Gasteiger partial charge in [0.15, 0.2) is 0 Å². The summed E-state index contributed by atoms with van der Waals surface area (Å²) in [5, 5.41) is 19.4. The lowest BCUT2D eigenvalue weighted by molar-refractivity contribution is -0.131. The van der Waals surface area contributed by atoms with E-state index < -0.39 is 0 Å². The van der Waals surface area contributed by atoms with Gasteiger partial charge >= 0.3 is 0 Å². The maximum Gasteiger partial charge on any atom is 0.236 e. The normalized spacial score (nSPS) is 16.0. The van der Waals surface area contributed by atoms with E-state index in [1.54, 1.807) is 22.0 Å². The van der Waals surface area contributed by atoms with E-state index >= 15 is 0 Å². The summed E-state index contributed by atoms with van der Waals surface area (Å²) in [7, 11) is 1.85. The molecule has 2 N–H and O–H groups in total. The Labute approximate surface area is 152 Å². The summed E-state index contributed by atoms with van der Waals surface area (Å²) in [6, 6.07) is 3.74. The molecule has 0 spiro atoms. The highest BCUT2D eigenvalue weighted by molar-refractivity contribution is 5.78. The van der Waals surface area contributed by atoms with Gasteiger partial charge in [0.25, 0.3) is 0 Å². The van der Waals surface area contributed by atoms with Crippen molar-refractivity contribution in [2.75, 3.05) is 23.7 Å². The molecule has 1 aliphatic rings. The average molecular weight is 354 g/mol. The highest BCUT2D eigenvalue weighted by Gasteiger charge is 2.32. The zero-order valence-electron chi connectivity index (χ0n) is 14.9. The van der Waals surface area contributed by atoms with Crippen molar-refractivity contribution in [3.8, 4) is 6.07 Å². The van der Waals surface area contributed by atoms with Crippen molar-refractivity contribution in [3.05, 3.63) is 24.7 Å². The first-order valence-corrected chi connectivity index (χ1v) is 8.49. The van der Waals surface area contributed by atoms with Crippen LogP contribution in [0.15, 0.2) is 24.7 Å². The average Bonchev–Trinajstić information content (AvgIpc) is 3.00. The van der Waals surface area contributed by atoms with Gasteiger partial charge in [-0.25, -0.2) is 4.98 Å². The number of rotatable bonds is 5. The second-order valence-electron chi connectivity index (χ2n) is 6.69. The van der Waals surface area contributed by atoms with Crippen LogP contribution < -0.4 is 10.6 Å². The van der Waals surface area contributed by atoms with Crippen molar-refractivity contribution in [3.63, 3.8) is 0 Å². The van der Waals surface area contributed by atoms with Crippen LogP contribution in [0.1, 0.15) is 26.2 Å². The minimum absolute atomic E-state index is 0.0561. The number of piperidine rings is 1. The molecular formula is C17H22N8O. The molecule has 1 amide bonds. The molecule has 0 unspecified atom stereocenters. The van der Waals surface area contributed by atoms with Gasteiger partial charge in [-0.2, -0.15) is 15.3 Å². The van der Waals surface area contributed by atoms with Gasteiger partial charge < -0.3 is 15.5 Å². The molecule has 0 saturated carbocycles. The van der Waals surface area contributed by atoms with Crippen LogP contribution in [0.25, 0.3) is 0 Å². The van der Waals surface area contributed by atoms with Crippen molar-refractivity contribution in [1.82, 2.24) is 24.6 Å². The van der Waals surface area contributed by atoms with E-state index in [0.717, 1.165) is 24.3 Å². The molecule has 9 heteroatoms. The van der Waals surface area contributed by atoms with Crippen LogP contribution in [-0.4, -0.2) is 49.2 Å². The number of nitrogens with zero attached hydrogens (tertiary/aromatic N) is 6. The molecular weight excluding hydrogens is 332 g/mol. The van der Waals surface area contributed by atoms with E-state index in [1.165, 1.54) is 0 Å². The Morgan fingerprint density at radius 2 is 2.19 bits per heavy atom. The second kappa shape index (κ2) is 7.39. The third-order valence-corrected chi connectivity index (χ3v) is 4.50. The third kappa shape index (κ3) is 4.27. The lowest BCUT2D eigenvalue weighted by Gasteiger charge is -2.40. The molecule has 1 saturated heterocycles. The van der Waals surface area contributed by atoms with Crippen molar-refractivity contribution >= 4 is 23.4 Å². The van der Waals surface area contributed by atoms with E-state index in [1.807, 2.05) is 25.4 Å². The Balaban J connectivity index is 1.61. The summed E-state index contributed by atoms with van der Waals surface area (Å²) in [6.07, 6.45) is 6.78. The zero-order chi connectivity index (χ0) is 18.6. The fourth-order valence-electron chi connectivity index (χ4n) is 2.97. The number of aryl methyl sites for hydroxylation is 1. The van der Waals surface area contributed by atoms with Gasteiger partial charge in [0.2, 0.25) is 11.9 Å². The summed E-state index contributed by atoms with van der Waals surface area (Å²) >= 11 is 0. The van der Waals surface area contributed by atoms with E-state index in [2.05, 4.69) is 32.6 Å². The number of carbonyl (C=O) groups excluding carboxylic acids is 1. The van der Waals surface area contributed by atoms with Crippen LogP contribution >= 0.6 is 0 Å². The second-order valence-corrected chi connectivity index (χ2v) is 6.69. The van der Waals surface area contributed by atoms with Gasteiger partial charge in [0.05, 0.1) is 18.0 Å². The quantitative estimate of drug-likeness (QED) is 0.840. The molecule has 1 aliphatic heterocycles. The minimum Gasteiger partial charge on any atom is -0.365 e. The fraction of sp³-hybridized carbons (Fsp3) is 0.471. The Hall–Kier alpha value is -3.15. The van der Waals surface area contributed by atoms with E-state index in [9.17, 15) is 4.79 Å². The number of carbonyl (C=O) groups is 1. The molecule has 3 rings (SSSR count).